The van der Waals surface area contributed by atoms with Crippen molar-refractivity contribution in [1.29, 1.82) is 0 Å². The van der Waals surface area contributed by atoms with E-state index in [4.69, 9.17) is 9.57 Å². The lowest BCUT2D eigenvalue weighted by molar-refractivity contribution is -0.0757. The monoisotopic (exact) mass is 237 g/mol. The standard InChI is InChI=1S/C12H15NO4/c1-4-17-12(15)10-7-5-6-9(8-10)11(14)13(2)16-3/h5-8H,4H2,1-3H3. The summed E-state index contributed by atoms with van der Waals surface area (Å²) in [6.45, 7) is 2.03. The molecule has 1 aromatic carbocycles. The van der Waals surface area contributed by atoms with Gasteiger partial charge in [0.2, 0.25) is 0 Å². The van der Waals surface area contributed by atoms with E-state index >= 15 is 0 Å². The number of nitrogens with zero attached hydrogens (tertiary/aromatic N) is 1. The quantitative estimate of drug-likeness (QED) is 0.588. The van der Waals surface area contributed by atoms with Crippen LogP contribution in [-0.2, 0) is 9.57 Å². The molecule has 5 heteroatoms. The third-order valence-corrected chi connectivity index (χ3v) is 2.18. The van der Waals surface area contributed by atoms with Crippen LogP contribution in [0.1, 0.15) is 27.6 Å². The Morgan fingerprint density at radius 2 is 1.94 bits per heavy atom. The number of amides is 1. The first-order valence-electron chi connectivity index (χ1n) is 5.19. The zero-order valence-corrected chi connectivity index (χ0v) is 10.1. The van der Waals surface area contributed by atoms with Crippen LogP contribution in [0.3, 0.4) is 0 Å². The SMILES string of the molecule is CCOC(=O)c1cccc(C(=O)N(C)OC)c1. The molecule has 0 saturated carbocycles. The van der Waals surface area contributed by atoms with Crippen molar-refractivity contribution in [2.24, 2.45) is 0 Å². The predicted octanol–water partition coefficient (Wildman–Crippen LogP) is 1.50. The molecule has 0 aliphatic carbocycles. The summed E-state index contributed by atoms with van der Waals surface area (Å²) in [5, 5.41) is 1.09. The Morgan fingerprint density at radius 3 is 2.53 bits per heavy atom. The van der Waals surface area contributed by atoms with Crippen LogP contribution in [0.5, 0.6) is 0 Å². The van der Waals surface area contributed by atoms with Gasteiger partial charge in [0.25, 0.3) is 5.91 Å². The molecule has 0 fully saturated rings. The molecule has 0 aliphatic heterocycles. The molecule has 1 rings (SSSR count). The van der Waals surface area contributed by atoms with E-state index in [2.05, 4.69) is 0 Å². The van der Waals surface area contributed by atoms with Gasteiger partial charge in [0.15, 0.2) is 0 Å². The fourth-order valence-corrected chi connectivity index (χ4v) is 1.26. The van der Waals surface area contributed by atoms with Crippen molar-refractivity contribution >= 4 is 11.9 Å². The fraction of sp³-hybridized carbons (Fsp3) is 0.333. The number of hydrogen-bond donors (Lipinski definition) is 0. The molecule has 0 aliphatic rings. The molecule has 92 valence electrons. The average Bonchev–Trinajstić information content (AvgIpc) is 2.37. The summed E-state index contributed by atoms with van der Waals surface area (Å²) in [5.74, 6) is -0.763. The highest BCUT2D eigenvalue weighted by molar-refractivity contribution is 5.97. The third-order valence-electron chi connectivity index (χ3n) is 2.18. The molecule has 1 aromatic rings. The minimum absolute atomic E-state index is 0.301. The molecule has 0 N–H and O–H groups in total. The van der Waals surface area contributed by atoms with E-state index in [0.717, 1.165) is 5.06 Å². The van der Waals surface area contributed by atoms with Gasteiger partial charge < -0.3 is 4.74 Å². The highest BCUT2D eigenvalue weighted by atomic mass is 16.7. The first kappa shape index (κ1) is 13.2. The average molecular weight is 237 g/mol. The minimum Gasteiger partial charge on any atom is -0.462 e. The second-order valence-corrected chi connectivity index (χ2v) is 3.29. The van der Waals surface area contributed by atoms with Crippen molar-refractivity contribution in [3.8, 4) is 0 Å². The topological polar surface area (TPSA) is 55.8 Å². The normalized spacial score (nSPS) is 9.82. The Hall–Kier alpha value is -1.88. The second kappa shape index (κ2) is 6.00. The number of hydrogen-bond acceptors (Lipinski definition) is 4. The Kier molecular flexibility index (Phi) is 4.66. The maximum Gasteiger partial charge on any atom is 0.338 e. The lowest BCUT2D eigenvalue weighted by Gasteiger charge is -2.13. The third kappa shape index (κ3) is 3.29. The smallest absolute Gasteiger partial charge is 0.338 e. The molecular formula is C12H15NO4. The van der Waals surface area contributed by atoms with Gasteiger partial charge in [-0.3, -0.25) is 9.63 Å². The molecule has 0 bridgehead atoms. The Balaban J connectivity index is 2.93. The van der Waals surface area contributed by atoms with E-state index in [9.17, 15) is 9.59 Å². The first-order valence-corrected chi connectivity index (χ1v) is 5.19. The number of ether oxygens (including phenoxy) is 1. The lowest BCUT2D eigenvalue weighted by atomic mass is 10.1. The molecule has 0 unspecified atom stereocenters. The molecule has 0 heterocycles. The van der Waals surface area contributed by atoms with Crippen LogP contribution in [0, 0.1) is 0 Å². The van der Waals surface area contributed by atoms with Crippen LogP contribution < -0.4 is 0 Å². The number of rotatable bonds is 4. The van der Waals surface area contributed by atoms with Crippen LogP contribution in [0.15, 0.2) is 24.3 Å². The number of carbonyl (C=O) groups is 2. The molecule has 0 atom stereocenters. The van der Waals surface area contributed by atoms with Gasteiger partial charge >= 0.3 is 5.97 Å². The predicted molar refractivity (Wildman–Crippen MR) is 61.5 cm³/mol. The molecule has 0 radical (unpaired) electrons. The van der Waals surface area contributed by atoms with Gasteiger partial charge in [-0.2, -0.15) is 0 Å². The highest BCUT2D eigenvalue weighted by Gasteiger charge is 2.14. The summed E-state index contributed by atoms with van der Waals surface area (Å²) in [5.41, 5.74) is 0.724. The van der Waals surface area contributed by atoms with Crippen LogP contribution in [-0.4, -0.2) is 37.7 Å². The van der Waals surface area contributed by atoms with Crippen LogP contribution in [0.2, 0.25) is 0 Å². The van der Waals surface area contributed by atoms with Gasteiger partial charge in [-0.25, -0.2) is 9.86 Å². The van der Waals surface area contributed by atoms with Crippen molar-refractivity contribution in [3.63, 3.8) is 0 Å². The fourth-order valence-electron chi connectivity index (χ4n) is 1.26. The van der Waals surface area contributed by atoms with Crippen LogP contribution >= 0.6 is 0 Å². The Morgan fingerprint density at radius 1 is 1.29 bits per heavy atom. The maximum absolute atomic E-state index is 11.8. The first-order chi connectivity index (χ1) is 8.10. The number of esters is 1. The van der Waals surface area contributed by atoms with Gasteiger partial charge in [0.05, 0.1) is 19.3 Å². The summed E-state index contributed by atoms with van der Waals surface area (Å²) in [7, 11) is 2.90. The molecular weight excluding hydrogens is 222 g/mol. The van der Waals surface area contributed by atoms with E-state index in [0.29, 0.717) is 17.7 Å². The number of carbonyl (C=O) groups excluding carboxylic acids is 2. The van der Waals surface area contributed by atoms with E-state index in [1.54, 1.807) is 25.1 Å². The lowest BCUT2D eigenvalue weighted by Crippen LogP contribution is -2.25. The van der Waals surface area contributed by atoms with Gasteiger partial charge in [-0.05, 0) is 25.1 Å². The zero-order chi connectivity index (χ0) is 12.8. The number of hydroxylamine groups is 2. The largest absolute Gasteiger partial charge is 0.462 e. The molecule has 1 amide bonds. The second-order valence-electron chi connectivity index (χ2n) is 3.29. The molecule has 5 nitrogen and oxygen atoms in total. The van der Waals surface area contributed by atoms with Crippen molar-refractivity contribution < 1.29 is 19.2 Å². The summed E-state index contributed by atoms with van der Waals surface area (Å²) < 4.78 is 4.85. The van der Waals surface area contributed by atoms with Crippen molar-refractivity contribution in [2.75, 3.05) is 20.8 Å². The van der Waals surface area contributed by atoms with Gasteiger partial charge in [-0.1, -0.05) is 6.07 Å². The van der Waals surface area contributed by atoms with E-state index in [1.807, 2.05) is 0 Å². The van der Waals surface area contributed by atoms with Crippen LogP contribution in [0.25, 0.3) is 0 Å². The van der Waals surface area contributed by atoms with Gasteiger partial charge in [0, 0.05) is 12.6 Å². The maximum atomic E-state index is 11.8. The van der Waals surface area contributed by atoms with Gasteiger partial charge in [-0.15, -0.1) is 0 Å². The molecule has 17 heavy (non-hydrogen) atoms. The van der Waals surface area contributed by atoms with Crippen molar-refractivity contribution in [3.05, 3.63) is 35.4 Å². The molecule has 0 spiro atoms. The number of benzene rings is 1. The van der Waals surface area contributed by atoms with Crippen molar-refractivity contribution in [2.45, 2.75) is 6.92 Å². The van der Waals surface area contributed by atoms with Crippen LogP contribution in [0.4, 0.5) is 0 Å². The van der Waals surface area contributed by atoms with E-state index < -0.39 is 5.97 Å². The summed E-state index contributed by atoms with van der Waals surface area (Å²) in [6.07, 6.45) is 0. The summed E-state index contributed by atoms with van der Waals surface area (Å²) in [6, 6.07) is 6.32. The molecule has 0 aromatic heterocycles. The molecule has 0 saturated heterocycles. The van der Waals surface area contributed by atoms with E-state index in [1.165, 1.54) is 20.2 Å². The van der Waals surface area contributed by atoms with Gasteiger partial charge in [0.1, 0.15) is 0 Å². The Bertz CT molecular complexity index is 417. The highest BCUT2D eigenvalue weighted by Crippen LogP contribution is 2.09. The summed E-state index contributed by atoms with van der Waals surface area (Å²) >= 11 is 0. The summed E-state index contributed by atoms with van der Waals surface area (Å²) in [4.78, 5) is 28.0. The van der Waals surface area contributed by atoms with E-state index in [-0.39, 0.29) is 5.91 Å². The zero-order valence-electron chi connectivity index (χ0n) is 10.1. The Labute approximate surface area is 99.9 Å². The van der Waals surface area contributed by atoms with Crippen molar-refractivity contribution in [1.82, 2.24) is 5.06 Å². The minimum atomic E-state index is -0.442.